The summed E-state index contributed by atoms with van der Waals surface area (Å²) in [5.74, 6) is 0.385. The molecule has 0 aliphatic rings. The van der Waals surface area contributed by atoms with Crippen LogP contribution < -0.4 is 5.73 Å². The molecule has 5 aromatic rings. The molecular formula is C22H18N6. The van der Waals surface area contributed by atoms with Crippen molar-refractivity contribution >= 4 is 27.9 Å². The average molecular weight is 366 g/mol. The van der Waals surface area contributed by atoms with Crippen LogP contribution in [0, 0.1) is 0 Å². The summed E-state index contributed by atoms with van der Waals surface area (Å²) < 4.78 is 2.02. The molecule has 3 heterocycles. The Morgan fingerprint density at radius 1 is 0.929 bits per heavy atom. The zero-order valence-corrected chi connectivity index (χ0v) is 15.3. The fourth-order valence-corrected chi connectivity index (χ4v) is 3.58. The Labute approximate surface area is 161 Å². The number of aromatic nitrogens is 5. The number of anilines is 1. The predicted octanol–water partition coefficient (Wildman–Crippen LogP) is 4.23. The number of benzene rings is 2. The molecule has 3 aromatic heterocycles. The van der Waals surface area contributed by atoms with Crippen molar-refractivity contribution in [2.45, 2.75) is 13.0 Å². The number of nitrogens with zero attached hydrogens (tertiary/aromatic N) is 5. The second-order valence-electron chi connectivity index (χ2n) is 6.74. The lowest BCUT2D eigenvalue weighted by molar-refractivity contribution is 0.652. The van der Waals surface area contributed by atoms with Crippen molar-refractivity contribution < 1.29 is 0 Å². The van der Waals surface area contributed by atoms with Gasteiger partial charge in [-0.1, -0.05) is 48.5 Å². The van der Waals surface area contributed by atoms with Gasteiger partial charge in [0, 0.05) is 16.5 Å². The summed E-state index contributed by atoms with van der Waals surface area (Å²) in [5, 5.41) is 1.10. The molecule has 0 fully saturated rings. The topological polar surface area (TPSA) is 82.5 Å². The molecular weight excluding hydrogens is 348 g/mol. The van der Waals surface area contributed by atoms with Gasteiger partial charge in [-0.3, -0.25) is 0 Å². The third-order valence-electron chi connectivity index (χ3n) is 5.06. The molecule has 6 nitrogen and oxygen atoms in total. The number of imidazole rings is 1. The van der Waals surface area contributed by atoms with Crippen LogP contribution in [0.15, 0.2) is 73.3 Å². The highest BCUT2D eigenvalue weighted by Crippen LogP contribution is 2.33. The van der Waals surface area contributed by atoms with E-state index in [0.29, 0.717) is 17.0 Å². The Kier molecular flexibility index (Phi) is 3.76. The molecule has 1 unspecified atom stereocenters. The van der Waals surface area contributed by atoms with E-state index in [1.807, 2.05) is 41.0 Å². The number of hydrogen-bond donors (Lipinski definition) is 1. The molecule has 0 bridgehead atoms. The van der Waals surface area contributed by atoms with Gasteiger partial charge in [-0.2, -0.15) is 0 Å². The minimum absolute atomic E-state index is 0.0355. The second kappa shape index (κ2) is 6.42. The number of rotatable bonds is 3. The van der Waals surface area contributed by atoms with Crippen LogP contribution in [-0.2, 0) is 0 Å². The zero-order chi connectivity index (χ0) is 19.1. The van der Waals surface area contributed by atoms with E-state index in [0.717, 1.165) is 27.7 Å². The number of hydrogen-bond acceptors (Lipinski definition) is 5. The molecule has 0 radical (unpaired) electrons. The fraction of sp³-hybridized carbons (Fsp3) is 0.0909. The molecule has 28 heavy (non-hydrogen) atoms. The Bertz CT molecular complexity index is 1290. The van der Waals surface area contributed by atoms with Crippen LogP contribution in [0.1, 0.15) is 18.5 Å². The van der Waals surface area contributed by atoms with Gasteiger partial charge in [-0.15, -0.1) is 0 Å². The number of nitrogens with two attached hydrogens (primary N) is 1. The highest BCUT2D eigenvalue weighted by molar-refractivity contribution is 5.84. The number of nitrogen functional groups attached to an aromatic ring is 1. The predicted molar refractivity (Wildman–Crippen MR) is 111 cm³/mol. The molecule has 1 atom stereocenters. The maximum Gasteiger partial charge on any atom is 0.165 e. The van der Waals surface area contributed by atoms with Gasteiger partial charge in [-0.05, 0) is 19.1 Å². The van der Waals surface area contributed by atoms with Crippen molar-refractivity contribution in [1.29, 1.82) is 0 Å². The van der Waals surface area contributed by atoms with Crippen molar-refractivity contribution in [3.8, 4) is 11.3 Å². The van der Waals surface area contributed by atoms with Gasteiger partial charge in [0.2, 0.25) is 0 Å². The summed E-state index contributed by atoms with van der Waals surface area (Å²) in [6.07, 6.45) is 3.24. The van der Waals surface area contributed by atoms with Gasteiger partial charge >= 0.3 is 0 Å². The molecule has 5 rings (SSSR count). The first-order chi connectivity index (χ1) is 13.7. The van der Waals surface area contributed by atoms with E-state index >= 15 is 0 Å². The first kappa shape index (κ1) is 16.4. The van der Waals surface area contributed by atoms with Crippen LogP contribution in [0.5, 0.6) is 0 Å². The van der Waals surface area contributed by atoms with Crippen molar-refractivity contribution in [3.05, 3.63) is 78.9 Å². The van der Waals surface area contributed by atoms with Crippen molar-refractivity contribution in [2.24, 2.45) is 0 Å². The normalized spacial score (nSPS) is 12.5. The van der Waals surface area contributed by atoms with Crippen LogP contribution >= 0.6 is 0 Å². The minimum atomic E-state index is -0.0355. The summed E-state index contributed by atoms with van der Waals surface area (Å²) in [7, 11) is 0. The molecule has 0 spiro atoms. The third kappa shape index (κ3) is 2.58. The summed E-state index contributed by atoms with van der Waals surface area (Å²) >= 11 is 0. The molecule has 0 saturated heterocycles. The van der Waals surface area contributed by atoms with Gasteiger partial charge in [-0.25, -0.2) is 19.9 Å². The minimum Gasteiger partial charge on any atom is -0.382 e. The Morgan fingerprint density at radius 3 is 2.57 bits per heavy atom. The number of fused-ring (bicyclic) bond motifs is 2. The van der Waals surface area contributed by atoms with Gasteiger partial charge in [0.05, 0.1) is 23.6 Å². The van der Waals surface area contributed by atoms with E-state index < -0.39 is 0 Å². The largest absolute Gasteiger partial charge is 0.382 e. The highest BCUT2D eigenvalue weighted by Gasteiger charge is 2.19. The van der Waals surface area contributed by atoms with E-state index in [9.17, 15) is 0 Å². The van der Waals surface area contributed by atoms with Crippen LogP contribution in [0.3, 0.4) is 0 Å². The van der Waals surface area contributed by atoms with E-state index in [4.69, 9.17) is 10.7 Å². The lowest BCUT2D eigenvalue weighted by atomic mass is 9.98. The van der Waals surface area contributed by atoms with E-state index in [1.165, 1.54) is 6.33 Å². The van der Waals surface area contributed by atoms with Gasteiger partial charge in [0.1, 0.15) is 11.8 Å². The number of para-hydroxylation sites is 1. The summed E-state index contributed by atoms with van der Waals surface area (Å²) in [5.41, 5.74) is 11.4. The summed E-state index contributed by atoms with van der Waals surface area (Å²) in [4.78, 5) is 17.8. The first-order valence-corrected chi connectivity index (χ1v) is 9.10. The molecule has 0 aliphatic carbocycles. The van der Waals surface area contributed by atoms with E-state index in [-0.39, 0.29) is 6.04 Å². The van der Waals surface area contributed by atoms with Gasteiger partial charge in [0.25, 0.3) is 0 Å². The molecule has 6 heteroatoms. The maximum absolute atomic E-state index is 5.96. The van der Waals surface area contributed by atoms with Gasteiger partial charge < -0.3 is 10.3 Å². The lowest BCUT2D eigenvalue weighted by Gasteiger charge is -2.19. The SMILES string of the molecule is CC(c1cc2ccccc2nc1-c1ccccc1)n1cnc2c(N)ncnc21. The molecule has 136 valence electrons. The van der Waals surface area contributed by atoms with Crippen LogP contribution in [0.2, 0.25) is 0 Å². The fourth-order valence-electron chi connectivity index (χ4n) is 3.58. The second-order valence-corrected chi connectivity index (χ2v) is 6.74. The quantitative estimate of drug-likeness (QED) is 0.516. The molecule has 2 N–H and O–H groups in total. The number of pyridine rings is 1. The zero-order valence-electron chi connectivity index (χ0n) is 15.3. The molecule has 2 aromatic carbocycles. The summed E-state index contributed by atoms with van der Waals surface area (Å²) in [6, 6.07) is 20.6. The average Bonchev–Trinajstić information content (AvgIpc) is 3.18. The Morgan fingerprint density at radius 2 is 1.71 bits per heavy atom. The van der Waals surface area contributed by atoms with Crippen molar-refractivity contribution in [1.82, 2.24) is 24.5 Å². The first-order valence-electron chi connectivity index (χ1n) is 9.10. The van der Waals surface area contributed by atoms with Gasteiger partial charge in [0.15, 0.2) is 11.5 Å². The third-order valence-corrected chi connectivity index (χ3v) is 5.06. The Balaban J connectivity index is 1.75. The monoisotopic (exact) mass is 366 g/mol. The van der Waals surface area contributed by atoms with E-state index in [2.05, 4.69) is 46.1 Å². The summed E-state index contributed by atoms with van der Waals surface area (Å²) in [6.45, 7) is 2.12. The standard InChI is InChI=1S/C22H18N6/c1-14(28-13-26-20-21(23)24-12-25-22(20)28)17-11-16-9-5-6-10-18(16)27-19(17)15-7-3-2-4-8-15/h2-14H,1H3,(H2,23,24,25). The van der Waals surface area contributed by atoms with Crippen LogP contribution in [-0.4, -0.2) is 24.5 Å². The van der Waals surface area contributed by atoms with Crippen LogP contribution in [0.25, 0.3) is 33.3 Å². The molecule has 0 amide bonds. The smallest absolute Gasteiger partial charge is 0.165 e. The molecule has 0 aliphatic heterocycles. The van der Waals surface area contributed by atoms with Crippen molar-refractivity contribution in [2.75, 3.05) is 5.73 Å². The highest BCUT2D eigenvalue weighted by atomic mass is 15.1. The Hall–Kier alpha value is -3.80. The maximum atomic E-state index is 5.96. The van der Waals surface area contributed by atoms with Crippen LogP contribution in [0.4, 0.5) is 5.82 Å². The lowest BCUT2D eigenvalue weighted by Crippen LogP contribution is -2.09. The van der Waals surface area contributed by atoms with E-state index in [1.54, 1.807) is 6.33 Å². The van der Waals surface area contributed by atoms with Crippen molar-refractivity contribution in [3.63, 3.8) is 0 Å². The molecule has 0 saturated carbocycles.